The third-order valence-electron chi connectivity index (χ3n) is 8.73. The first-order valence-corrected chi connectivity index (χ1v) is 12.1. The molecule has 2 N–H and O–H groups in total. The first kappa shape index (κ1) is 22.8. The molecular weight excluding hydrogens is 424 g/mol. The van der Waals surface area contributed by atoms with Crippen molar-refractivity contribution >= 4 is 5.97 Å². The van der Waals surface area contributed by atoms with E-state index in [1.54, 1.807) is 24.3 Å². The summed E-state index contributed by atoms with van der Waals surface area (Å²) < 4.78 is 6.14. The van der Waals surface area contributed by atoms with Crippen molar-refractivity contribution in [2.24, 2.45) is 16.7 Å². The van der Waals surface area contributed by atoms with Gasteiger partial charge >= 0.3 is 5.97 Å². The summed E-state index contributed by atoms with van der Waals surface area (Å²) in [6, 6.07) is 28.3. The number of esters is 1. The Morgan fingerprint density at radius 3 is 1.91 bits per heavy atom. The highest BCUT2D eigenvalue weighted by atomic mass is 16.6. The minimum Gasteiger partial charge on any atom is -0.459 e. The molecule has 0 aromatic heterocycles. The van der Waals surface area contributed by atoms with Crippen LogP contribution in [0.1, 0.15) is 55.9 Å². The van der Waals surface area contributed by atoms with E-state index in [4.69, 9.17) is 4.74 Å². The molecule has 0 aliphatic heterocycles. The number of carbonyl (C=O) groups is 1. The van der Waals surface area contributed by atoms with Gasteiger partial charge in [0.2, 0.25) is 0 Å². The molecule has 4 nitrogen and oxygen atoms in total. The third-order valence-corrected chi connectivity index (χ3v) is 8.73. The molecule has 0 saturated heterocycles. The quantitative estimate of drug-likeness (QED) is 0.488. The maximum atomic E-state index is 13.2. The molecular formula is C30H32O4. The number of carbonyl (C=O) groups excluding carboxylic acids is 1. The monoisotopic (exact) mass is 456 g/mol. The lowest BCUT2D eigenvalue weighted by molar-refractivity contribution is -0.191. The average molecular weight is 457 g/mol. The molecule has 0 radical (unpaired) electrons. The van der Waals surface area contributed by atoms with Gasteiger partial charge in [-0.3, -0.25) is 0 Å². The van der Waals surface area contributed by atoms with Crippen LogP contribution in [0.5, 0.6) is 0 Å². The smallest absolute Gasteiger partial charge is 0.339 e. The van der Waals surface area contributed by atoms with Crippen LogP contribution < -0.4 is 0 Å². The lowest BCUT2D eigenvalue weighted by Crippen LogP contribution is -2.57. The fourth-order valence-electron chi connectivity index (χ4n) is 6.94. The summed E-state index contributed by atoms with van der Waals surface area (Å²) in [4.78, 5) is 13.2. The zero-order chi connectivity index (χ0) is 24.0. The van der Waals surface area contributed by atoms with Crippen LogP contribution in [0.15, 0.2) is 91.0 Å². The second kappa shape index (κ2) is 8.37. The second-order valence-corrected chi connectivity index (χ2v) is 10.3. The molecule has 2 aliphatic carbocycles. The van der Waals surface area contributed by atoms with E-state index >= 15 is 0 Å². The summed E-state index contributed by atoms with van der Waals surface area (Å²) in [5.41, 5.74) is -0.323. The van der Waals surface area contributed by atoms with Crippen LogP contribution in [0, 0.1) is 16.7 Å². The van der Waals surface area contributed by atoms with Crippen molar-refractivity contribution < 1.29 is 19.7 Å². The van der Waals surface area contributed by atoms with Crippen LogP contribution >= 0.6 is 0 Å². The molecule has 2 saturated carbocycles. The first-order valence-electron chi connectivity index (χ1n) is 12.1. The summed E-state index contributed by atoms with van der Waals surface area (Å²) in [5, 5.41) is 23.6. The highest BCUT2D eigenvalue weighted by Gasteiger charge is 2.74. The third kappa shape index (κ3) is 3.16. The van der Waals surface area contributed by atoms with Crippen LogP contribution in [0.25, 0.3) is 0 Å². The van der Waals surface area contributed by atoms with Gasteiger partial charge < -0.3 is 14.9 Å². The second-order valence-electron chi connectivity index (χ2n) is 10.3. The van der Waals surface area contributed by atoms with Crippen LogP contribution in [-0.2, 0) is 15.1 Å². The largest absolute Gasteiger partial charge is 0.459 e. The number of benzene rings is 3. The number of ether oxygens (including phenoxy) is 1. The minimum absolute atomic E-state index is 0.296. The number of rotatable bonds is 6. The standard InChI is InChI=1S/C30H32O4/c1-28(2)24-18-19-29(28,25(20-24)34-27(32)26(31)21-12-6-3-7-13-21)30(33,22-14-8-4-9-15-22)23-16-10-5-11-17-23/h3-17,24-26,31,33H,18-20H2,1-2H3/t24-,25-,26-,29-/m0/s1. The average Bonchev–Trinajstić information content (AvgIpc) is 3.26. The number of hydrogen-bond acceptors (Lipinski definition) is 4. The van der Waals surface area contributed by atoms with Gasteiger partial charge in [0.15, 0.2) is 6.10 Å². The van der Waals surface area contributed by atoms with Gasteiger partial charge in [0.25, 0.3) is 0 Å². The molecule has 2 bridgehead atoms. The summed E-state index contributed by atoms with van der Waals surface area (Å²) in [5.74, 6) is -0.361. The Bertz CT molecular complexity index is 1100. The normalized spacial score (nSPS) is 26.2. The molecule has 4 heteroatoms. The Kier molecular flexibility index (Phi) is 5.62. The van der Waals surface area contributed by atoms with Gasteiger partial charge in [0, 0.05) is 5.41 Å². The van der Waals surface area contributed by atoms with Gasteiger partial charge in [-0.15, -0.1) is 0 Å². The van der Waals surface area contributed by atoms with E-state index in [-0.39, 0.29) is 5.41 Å². The van der Waals surface area contributed by atoms with Crippen molar-refractivity contribution in [2.45, 2.75) is 50.9 Å². The van der Waals surface area contributed by atoms with E-state index in [9.17, 15) is 15.0 Å². The molecule has 0 spiro atoms. The summed E-state index contributed by atoms with van der Waals surface area (Å²) in [6.07, 6.45) is 0.469. The van der Waals surface area contributed by atoms with E-state index in [0.717, 1.165) is 24.0 Å². The Morgan fingerprint density at radius 1 is 0.912 bits per heavy atom. The summed E-state index contributed by atoms with van der Waals surface area (Å²) in [6.45, 7) is 4.39. The number of aliphatic hydroxyl groups excluding tert-OH is 1. The van der Waals surface area contributed by atoms with Gasteiger partial charge in [0.05, 0.1) is 0 Å². The molecule has 0 unspecified atom stereocenters. The number of fused-ring (bicyclic) bond motifs is 2. The molecule has 4 atom stereocenters. The lowest BCUT2D eigenvalue weighted by Gasteiger charge is -2.53. The van der Waals surface area contributed by atoms with E-state index in [2.05, 4.69) is 13.8 Å². The predicted molar refractivity (Wildman–Crippen MR) is 131 cm³/mol. The zero-order valence-corrected chi connectivity index (χ0v) is 19.7. The molecule has 2 aliphatic rings. The Labute approximate surface area is 201 Å². The molecule has 34 heavy (non-hydrogen) atoms. The van der Waals surface area contributed by atoms with Gasteiger partial charge in [-0.05, 0) is 47.3 Å². The van der Waals surface area contributed by atoms with Crippen molar-refractivity contribution in [1.82, 2.24) is 0 Å². The van der Waals surface area contributed by atoms with Crippen LogP contribution in [-0.4, -0.2) is 22.3 Å². The Balaban J connectivity index is 1.62. The summed E-state index contributed by atoms with van der Waals surface area (Å²) in [7, 11) is 0. The predicted octanol–water partition coefficient (Wildman–Crippen LogP) is 5.39. The first-order chi connectivity index (χ1) is 16.3. The molecule has 0 amide bonds. The zero-order valence-electron chi connectivity index (χ0n) is 19.7. The Morgan fingerprint density at radius 2 is 1.41 bits per heavy atom. The van der Waals surface area contributed by atoms with Gasteiger partial charge in [-0.1, -0.05) is 105 Å². The molecule has 5 rings (SSSR count). The van der Waals surface area contributed by atoms with Gasteiger partial charge in [-0.2, -0.15) is 0 Å². The maximum absolute atomic E-state index is 13.2. The van der Waals surface area contributed by atoms with Gasteiger partial charge in [-0.25, -0.2) is 4.79 Å². The highest BCUT2D eigenvalue weighted by molar-refractivity contribution is 5.76. The van der Waals surface area contributed by atoms with Crippen molar-refractivity contribution in [1.29, 1.82) is 0 Å². The molecule has 3 aromatic carbocycles. The van der Waals surface area contributed by atoms with Crippen molar-refractivity contribution in [3.05, 3.63) is 108 Å². The van der Waals surface area contributed by atoms with Gasteiger partial charge in [0.1, 0.15) is 11.7 Å². The number of hydrogen-bond donors (Lipinski definition) is 2. The highest BCUT2D eigenvalue weighted by Crippen LogP contribution is 2.73. The van der Waals surface area contributed by atoms with E-state index in [1.165, 1.54) is 0 Å². The fraction of sp³-hybridized carbons (Fsp3) is 0.367. The van der Waals surface area contributed by atoms with Crippen molar-refractivity contribution in [3.8, 4) is 0 Å². The lowest BCUT2D eigenvalue weighted by atomic mass is 9.54. The SMILES string of the molecule is CC1(C)[C@H]2CC[C@]1(C(O)(c1ccccc1)c1ccccc1)[C@@H](OC(=O)[C@@H](O)c1ccccc1)C2. The fourth-order valence-corrected chi connectivity index (χ4v) is 6.94. The van der Waals surface area contributed by atoms with Crippen molar-refractivity contribution in [3.63, 3.8) is 0 Å². The van der Waals surface area contributed by atoms with Crippen molar-refractivity contribution in [2.75, 3.05) is 0 Å². The summed E-state index contributed by atoms with van der Waals surface area (Å²) >= 11 is 0. The van der Waals surface area contributed by atoms with E-state index < -0.39 is 29.2 Å². The number of aliphatic hydroxyl groups is 2. The van der Waals surface area contributed by atoms with Crippen LogP contribution in [0.3, 0.4) is 0 Å². The van der Waals surface area contributed by atoms with E-state index in [1.807, 2.05) is 66.7 Å². The Hall–Kier alpha value is -2.95. The topological polar surface area (TPSA) is 66.8 Å². The minimum atomic E-state index is -1.37. The van der Waals surface area contributed by atoms with E-state index in [0.29, 0.717) is 17.9 Å². The molecule has 0 heterocycles. The molecule has 3 aromatic rings. The maximum Gasteiger partial charge on any atom is 0.339 e. The molecule has 176 valence electrons. The van der Waals surface area contributed by atoms with Crippen LogP contribution in [0.2, 0.25) is 0 Å². The molecule has 2 fully saturated rings. The van der Waals surface area contributed by atoms with Crippen LogP contribution in [0.4, 0.5) is 0 Å².